The molecular formula is C13H13NO2. The van der Waals surface area contributed by atoms with Gasteiger partial charge in [0, 0.05) is 6.08 Å². The Labute approximate surface area is 95.0 Å². The van der Waals surface area contributed by atoms with Crippen molar-refractivity contribution in [3.05, 3.63) is 41.0 Å². The maximum atomic E-state index is 11.1. The van der Waals surface area contributed by atoms with Gasteiger partial charge in [-0.1, -0.05) is 12.1 Å². The minimum Gasteiger partial charge on any atom is -0.463 e. The highest BCUT2D eigenvalue weighted by Gasteiger charge is 1.98. The van der Waals surface area contributed by atoms with Crippen molar-refractivity contribution in [2.24, 2.45) is 0 Å². The minimum atomic E-state index is -0.357. The second kappa shape index (κ2) is 5.72. The first-order valence-electron chi connectivity index (χ1n) is 5.03. The fraction of sp³-hybridized carbons (Fsp3) is 0.231. The van der Waals surface area contributed by atoms with Crippen molar-refractivity contribution < 1.29 is 9.53 Å². The van der Waals surface area contributed by atoms with Gasteiger partial charge >= 0.3 is 5.97 Å². The number of aryl methyl sites for hydroxylation is 1. The van der Waals surface area contributed by atoms with E-state index in [0.717, 1.165) is 11.1 Å². The Morgan fingerprint density at radius 2 is 2.31 bits per heavy atom. The topological polar surface area (TPSA) is 50.1 Å². The van der Waals surface area contributed by atoms with E-state index in [1.54, 1.807) is 25.1 Å². The summed E-state index contributed by atoms with van der Waals surface area (Å²) in [5.41, 5.74) is 2.42. The van der Waals surface area contributed by atoms with Crippen LogP contribution in [-0.4, -0.2) is 12.6 Å². The lowest BCUT2D eigenvalue weighted by Gasteiger charge is -1.99. The smallest absolute Gasteiger partial charge is 0.330 e. The third-order valence-electron chi connectivity index (χ3n) is 2.07. The summed E-state index contributed by atoms with van der Waals surface area (Å²) in [6, 6.07) is 7.48. The van der Waals surface area contributed by atoms with Crippen LogP contribution in [0, 0.1) is 18.3 Å². The monoisotopic (exact) mass is 215 g/mol. The van der Waals surface area contributed by atoms with Gasteiger partial charge in [0.2, 0.25) is 0 Å². The Morgan fingerprint density at radius 1 is 1.56 bits per heavy atom. The summed E-state index contributed by atoms with van der Waals surface area (Å²) in [5.74, 6) is -0.357. The largest absolute Gasteiger partial charge is 0.463 e. The number of rotatable bonds is 3. The third-order valence-corrected chi connectivity index (χ3v) is 2.07. The summed E-state index contributed by atoms with van der Waals surface area (Å²) in [4.78, 5) is 11.1. The van der Waals surface area contributed by atoms with Gasteiger partial charge in [-0.25, -0.2) is 4.79 Å². The summed E-state index contributed by atoms with van der Waals surface area (Å²) in [7, 11) is 0. The number of esters is 1. The molecule has 0 fully saturated rings. The first-order chi connectivity index (χ1) is 7.67. The zero-order valence-corrected chi connectivity index (χ0v) is 9.36. The minimum absolute atomic E-state index is 0.357. The molecule has 0 N–H and O–H groups in total. The van der Waals surface area contributed by atoms with Crippen LogP contribution in [-0.2, 0) is 9.53 Å². The van der Waals surface area contributed by atoms with Crippen LogP contribution < -0.4 is 0 Å². The van der Waals surface area contributed by atoms with Crippen LogP contribution in [0.1, 0.15) is 23.6 Å². The van der Waals surface area contributed by atoms with Gasteiger partial charge in [0.25, 0.3) is 0 Å². The highest BCUT2D eigenvalue weighted by atomic mass is 16.5. The van der Waals surface area contributed by atoms with Gasteiger partial charge in [0.1, 0.15) is 0 Å². The lowest BCUT2D eigenvalue weighted by atomic mass is 10.1. The summed E-state index contributed by atoms with van der Waals surface area (Å²) >= 11 is 0. The first-order valence-corrected chi connectivity index (χ1v) is 5.03. The Balaban J connectivity index is 2.80. The lowest BCUT2D eigenvalue weighted by molar-refractivity contribution is -0.137. The van der Waals surface area contributed by atoms with Crippen LogP contribution in [0.5, 0.6) is 0 Å². The van der Waals surface area contributed by atoms with E-state index in [1.807, 2.05) is 13.0 Å². The molecule has 16 heavy (non-hydrogen) atoms. The zero-order valence-electron chi connectivity index (χ0n) is 9.36. The lowest BCUT2D eigenvalue weighted by Crippen LogP contribution is -1.98. The second-order valence-electron chi connectivity index (χ2n) is 3.27. The van der Waals surface area contributed by atoms with Gasteiger partial charge in [-0.05, 0) is 37.1 Å². The molecule has 0 saturated heterocycles. The molecule has 0 radical (unpaired) electrons. The Bertz CT molecular complexity index is 455. The summed E-state index contributed by atoms with van der Waals surface area (Å²) in [6.07, 6.45) is 3.05. The predicted molar refractivity (Wildman–Crippen MR) is 61.6 cm³/mol. The van der Waals surface area contributed by atoms with Crippen molar-refractivity contribution in [2.45, 2.75) is 13.8 Å². The number of hydrogen-bond donors (Lipinski definition) is 0. The molecule has 0 unspecified atom stereocenters. The SMILES string of the molecule is CCOC(=O)C=Cc1ccc(C#N)c(C)c1. The number of nitriles is 1. The van der Waals surface area contributed by atoms with Gasteiger partial charge in [-0.15, -0.1) is 0 Å². The van der Waals surface area contributed by atoms with E-state index in [1.165, 1.54) is 6.08 Å². The van der Waals surface area contributed by atoms with E-state index in [9.17, 15) is 4.79 Å². The first kappa shape index (κ1) is 12.0. The van der Waals surface area contributed by atoms with Crippen LogP contribution in [0.4, 0.5) is 0 Å². The van der Waals surface area contributed by atoms with Crippen molar-refractivity contribution in [1.82, 2.24) is 0 Å². The molecule has 0 aliphatic rings. The number of ether oxygens (including phenoxy) is 1. The molecule has 0 amide bonds. The summed E-state index contributed by atoms with van der Waals surface area (Å²) in [6.45, 7) is 3.99. The van der Waals surface area contributed by atoms with E-state index in [0.29, 0.717) is 12.2 Å². The average Bonchev–Trinajstić information content (AvgIpc) is 2.27. The standard InChI is InChI=1S/C13H13NO2/c1-3-16-13(15)7-5-11-4-6-12(9-14)10(2)8-11/h4-8H,3H2,1-2H3. The van der Waals surface area contributed by atoms with Crippen molar-refractivity contribution in [3.63, 3.8) is 0 Å². The van der Waals surface area contributed by atoms with Gasteiger partial charge < -0.3 is 4.74 Å². The molecule has 0 heterocycles. The van der Waals surface area contributed by atoms with Crippen molar-refractivity contribution in [3.8, 4) is 6.07 Å². The van der Waals surface area contributed by atoms with Crippen LogP contribution >= 0.6 is 0 Å². The zero-order chi connectivity index (χ0) is 12.0. The van der Waals surface area contributed by atoms with Gasteiger partial charge in [-0.3, -0.25) is 0 Å². The molecule has 0 saturated carbocycles. The highest BCUT2D eigenvalue weighted by molar-refractivity contribution is 5.87. The summed E-state index contributed by atoms with van der Waals surface area (Å²) < 4.78 is 4.76. The van der Waals surface area contributed by atoms with E-state index in [-0.39, 0.29) is 5.97 Å². The Hall–Kier alpha value is -2.08. The van der Waals surface area contributed by atoms with Gasteiger partial charge in [0.05, 0.1) is 18.2 Å². The molecule has 3 heteroatoms. The van der Waals surface area contributed by atoms with Crippen LogP contribution in [0.25, 0.3) is 6.08 Å². The van der Waals surface area contributed by atoms with Crippen molar-refractivity contribution in [1.29, 1.82) is 5.26 Å². The number of carbonyl (C=O) groups is 1. The quantitative estimate of drug-likeness (QED) is 0.574. The van der Waals surface area contributed by atoms with Crippen LogP contribution in [0.3, 0.4) is 0 Å². The molecule has 0 aliphatic heterocycles. The molecule has 1 aromatic rings. The van der Waals surface area contributed by atoms with Gasteiger partial charge in [-0.2, -0.15) is 5.26 Å². The van der Waals surface area contributed by atoms with Gasteiger partial charge in [0.15, 0.2) is 0 Å². The maximum absolute atomic E-state index is 11.1. The molecule has 3 nitrogen and oxygen atoms in total. The van der Waals surface area contributed by atoms with E-state index in [4.69, 9.17) is 10.00 Å². The van der Waals surface area contributed by atoms with E-state index in [2.05, 4.69) is 6.07 Å². The maximum Gasteiger partial charge on any atom is 0.330 e. The second-order valence-corrected chi connectivity index (χ2v) is 3.27. The number of nitrogens with zero attached hydrogens (tertiary/aromatic N) is 1. The fourth-order valence-electron chi connectivity index (χ4n) is 1.27. The molecule has 0 atom stereocenters. The Kier molecular flexibility index (Phi) is 4.28. The van der Waals surface area contributed by atoms with Crippen molar-refractivity contribution in [2.75, 3.05) is 6.61 Å². The Morgan fingerprint density at radius 3 is 2.88 bits per heavy atom. The normalized spacial score (nSPS) is 10.1. The summed E-state index contributed by atoms with van der Waals surface area (Å²) in [5, 5.41) is 8.76. The number of carbonyl (C=O) groups excluding carboxylic acids is 1. The molecule has 1 aromatic carbocycles. The average molecular weight is 215 g/mol. The molecule has 1 rings (SSSR count). The molecule has 0 spiro atoms. The molecule has 0 aliphatic carbocycles. The molecule has 0 bridgehead atoms. The molecular weight excluding hydrogens is 202 g/mol. The third kappa shape index (κ3) is 3.25. The predicted octanol–water partition coefficient (Wildman–Crippen LogP) is 2.44. The molecule has 0 aromatic heterocycles. The number of benzene rings is 1. The van der Waals surface area contributed by atoms with Crippen LogP contribution in [0.2, 0.25) is 0 Å². The van der Waals surface area contributed by atoms with E-state index < -0.39 is 0 Å². The molecule has 82 valence electrons. The highest BCUT2D eigenvalue weighted by Crippen LogP contribution is 2.11. The number of hydrogen-bond acceptors (Lipinski definition) is 3. The fourth-order valence-corrected chi connectivity index (χ4v) is 1.27. The van der Waals surface area contributed by atoms with Crippen LogP contribution in [0.15, 0.2) is 24.3 Å². The van der Waals surface area contributed by atoms with Crippen molar-refractivity contribution >= 4 is 12.0 Å². The van der Waals surface area contributed by atoms with E-state index >= 15 is 0 Å².